The largest absolute Gasteiger partial charge is 0.488 e. The first-order valence-corrected chi connectivity index (χ1v) is 17.5. The van der Waals surface area contributed by atoms with E-state index in [1.54, 1.807) is 12.3 Å². The first kappa shape index (κ1) is 32.5. The summed E-state index contributed by atoms with van der Waals surface area (Å²) in [6, 6.07) is 9.62. The molecule has 1 unspecified atom stereocenters. The number of fused-ring (bicyclic) bond motifs is 1. The van der Waals surface area contributed by atoms with E-state index in [4.69, 9.17) is 23.7 Å². The Morgan fingerprint density at radius 1 is 1.14 bits per heavy atom. The van der Waals surface area contributed by atoms with E-state index in [0.717, 1.165) is 47.9 Å². The van der Waals surface area contributed by atoms with Crippen molar-refractivity contribution in [3.8, 4) is 11.8 Å². The molecule has 4 rings (SSSR count). The van der Waals surface area contributed by atoms with Crippen LogP contribution in [-0.2, 0) is 22.2 Å². The minimum Gasteiger partial charge on any atom is -0.488 e. The predicted octanol–water partition coefficient (Wildman–Crippen LogP) is 7.61. The van der Waals surface area contributed by atoms with Crippen molar-refractivity contribution < 1.29 is 23.2 Å². The maximum atomic E-state index is 12.5. The number of piperidine rings is 1. The second-order valence-electron chi connectivity index (χ2n) is 13.7. The second-order valence-corrected chi connectivity index (χ2v) is 15.7. The molecule has 0 aliphatic carbocycles. The molecule has 1 aliphatic rings. The van der Waals surface area contributed by atoms with Gasteiger partial charge in [0.05, 0.1) is 17.4 Å². The lowest BCUT2D eigenvalue weighted by atomic mass is 9.83. The smallest absolute Gasteiger partial charge is 0.410 e. The third-order valence-electron chi connectivity index (χ3n) is 7.51. The van der Waals surface area contributed by atoms with Crippen LogP contribution in [0.15, 0.2) is 35.0 Å². The van der Waals surface area contributed by atoms with Crippen LogP contribution >= 0.6 is 0 Å². The Kier molecular flexibility index (Phi) is 10.2. The molecule has 43 heavy (non-hydrogen) atoms. The average Bonchev–Trinajstić information content (AvgIpc) is 3.35. The highest BCUT2D eigenvalue weighted by atomic mass is 28.3. The molecule has 0 bridgehead atoms. The fraction of sp³-hybridized carbons (Fsp3) is 0.576. The number of aromatic nitrogens is 2. The Balaban J connectivity index is 1.54. The predicted molar refractivity (Wildman–Crippen MR) is 167 cm³/mol. The number of likely N-dealkylation sites (tertiary alicyclic amines) is 1. The molecule has 1 atom stereocenters. The van der Waals surface area contributed by atoms with E-state index in [-0.39, 0.29) is 17.6 Å². The molecule has 1 fully saturated rings. The minimum absolute atomic E-state index is 0.223. The average molecular weight is 606 g/mol. The maximum Gasteiger partial charge on any atom is 0.410 e. The Labute approximate surface area is 257 Å². The molecule has 1 radical (unpaired) electrons. The van der Waals surface area contributed by atoms with Crippen molar-refractivity contribution in [1.82, 2.24) is 15.0 Å². The van der Waals surface area contributed by atoms with Gasteiger partial charge in [0.25, 0.3) is 0 Å². The van der Waals surface area contributed by atoms with E-state index in [1.807, 2.05) is 49.9 Å². The molecule has 3 aromatic rings. The van der Waals surface area contributed by atoms with Crippen molar-refractivity contribution in [3.63, 3.8) is 0 Å². The van der Waals surface area contributed by atoms with Crippen LogP contribution in [-0.4, -0.2) is 48.9 Å². The molecule has 1 saturated heterocycles. The summed E-state index contributed by atoms with van der Waals surface area (Å²) >= 11 is 0. The minimum atomic E-state index is -1.05. The molecular weight excluding hydrogens is 560 g/mol. The van der Waals surface area contributed by atoms with Crippen molar-refractivity contribution >= 4 is 26.1 Å². The SMILES string of the molecule is C[Si](C)OC(c1c(OCc2ccc(C#N)nc2)ccc2c(CCC3CCN(C(=O)OC(C)(C)C)CC3)noc12)C(C)(C)C. The number of benzene rings is 1. The summed E-state index contributed by atoms with van der Waals surface area (Å²) in [5.74, 6) is 1.20. The zero-order chi connectivity index (χ0) is 31.4. The van der Waals surface area contributed by atoms with Gasteiger partial charge in [-0.25, -0.2) is 9.78 Å². The normalized spacial score (nSPS) is 15.5. The quantitative estimate of drug-likeness (QED) is 0.229. The lowest BCUT2D eigenvalue weighted by Crippen LogP contribution is -2.41. The van der Waals surface area contributed by atoms with E-state index in [2.05, 4.69) is 44.0 Å². The van der Waals surface area contributed by atoms with Gasteiger partial charge in [-0.05, 0) is 89.1 Å². The summed E-state index contributed by atoms with van der Waals surface area (Å²) in [7, 11) is -1.05. The zero-order valence-electron chi connectivity index (χ0n) is 26.8. The standard InChI is InChI=1S/C33H45N4O5Si/c1-32(2,3)30(42-43(7)8)28-27(39-21-23-9-11-24(19-34)35-20-23)14-12-25-26(36-41-29(25)28)13-10-22-15-17-37(18-16-22)31(38)40-33(4,5)6/h9,11-12,14,20,22,30H,10,13,15-18,21H2,1-8H3. The third-order valence-corrected chi connectivity index (χ3v) is 8.21. The number of pyridine rings is 1. The van der Waals surface area contributed by atoms with E-state index in [9.17, 15) is 4.79 Å². The first-order valence-electron chi connectivity index (χ1n) is 15.1. The van der Waals surface area contributed by atoms with Crippen molar-refractivity contribution in [2.45, 2.75) is 98.6 Å². The number of hydrogen-bond acceptors (Lipinski definition) is 8. The van der Waals surface area contributed by atoms with E-state index in [0.29, 0.717) is 42.6 Å². The van der Waals surface area contributed by atoms with Crippen LogP contribution in [0, 0.1) is 22.7 Å². The summed E-state index contributed by atoms with van der Waals surface area (Å²) in [5.41, 5.74) is 3.04. The van der Waals surface area contributed by atoms with Crippen LogP contribution in [0.4, 0.5) is 4.79 Å². The van der Waals surface area contributed by atoms with Gasteiger partial charge in [-0.2, -0.15) is 5.26 Å². The number of amides is 1. The number of nitriles is 1. The number of hydrogen-bond donors (Lipinski definition) is 0. The Hall–Kier alpha value is -3.42. The van der Waals surface area contributed by atoms with Crippen LogP contribution in [0.25, 0.3) is 11.0 Å². The summed E-state index contributed by atoms with van der Waals surface area (Å²) < 4.78 is 24.6. The summed E-state index contributed by atoms with van der Waals surface area (Å²) in [5, 5.41) is 14.6. The van der Waals surface area contributed by atoms with Gasteiger partial charge < -0.3 is 23.3 Å². The highest BCUT2D eigenvalue weighted by molar-refractivity contribution is 6.48. The van der Waals surface area contributed by atoms with Crippen LogP contribution in [0.3, 0.4) is 0 Å². The molecule has 2 aromatic heterocycles. The highest BCUT2D eigenvalue weighted by Gasteiger charge is 2.35. The maximum absolute atomic E-state index is 12.5. The van der Waals surface area contributed by atoms with Gasteiger partial charge in [0, 0.05) is 30.2 Å². The molecule has 9 nitrogen and oxygen atoms in total. The third kappa shape index (κ3) is 8.58. The topological polar surface area (TPSA) is 111 Å². The Morgan fingerprint density at radius 2 is 1.86 bits per heavy atom. The second kappa shape index (κ2) is 13.5. The molecule has 10 heteroatoms. The molecule has 0 N–H and O–H groups in total. The molecule has 1 amide bonds. The van der Waals surface area contributed by atoms with Crippen molar-refractivity contribution in [2.24, 2.45) is 11.3 Å². The summed E-state index contributed by atoms with van der Waals surface area (Å²) in [6.07, 6.45) is 4.83. The number of rotatable bonds is 9. The molecular formula is C33H45N4O5Si. The molecule has 231 valence electrons. The highest BCUT2D eigenvalue weighted by Crippen LogP contribution is 2.45. The molecule has 1 aromatic carbocycles. The van der Waals surface area contributed by atoms with Crippen molar-refractivity contribution in [1.29, 1.82) is 5.26 Å². The zero-order valence-corrected chi connectivity index (χ0v) is 27.8. The number of nitrogens with zero attached hydrogens (tertiary/aromatic N) is 4. The molecule has 3 heterocycles. The van der Waals surface area contributed by atoms with E-state index in [1.165, 1.54) is 0 Å². The fourth-order valence-electron chi connectivity index (χ4n) is 5.32. The molecule has 0 saturated carbocycles. The molecule has 1 aliphatic heterocycles. The van der Waals surface area contributed by atoms with Crippen molar-refractivity contribution in [2.75, 3.05) is 13.1 Å². The van der Waals surface area contributed by atoms with Gasteiger partial charge in [-0.15, -0.1) is 0 Å². The van der Waals surface area contributed by atoms with E-state index >= 15 is 0 Å². The van der Waals surface area contributed by atoms with Gasteiger partial charge in [0.2, 0.25) is 9.04 Å². The lowest BCUT2D eigenvalue weighted by molar-refractivity contribution is 0.0181. The fourth-order valence-corrected chi connectivity index (χ4v) is 6.27. The van der Waals surface area contributed by atoms with Crippen LogP contribution in [0.2, 0.25) is 13.1 Å². The van der Waals surface area contributed by atoms with Gasteiger partial charge in [-0.3, -0.25) is 0 Å². The lowest BCUT2D eigenvalue weighted by Gasteiger charge is -2.33. The number of ether oxygens (including phenoxy) is 2. The monoisotopic (exact) mass is 605 g/mol. The van der Waals surface area contributed by atoms with Crippen LogP contribution < -0.4 is 4.74 Å². The Morgan fingerprint density at radius 3 is 2.44 bits per heavy atom. The van der Waals surface area contributed by atoms with Gasteiger partial charge in [0.1, 0.15) is 29.7 Å². The number of carbonyl (C=O) groups is 1. The summed E-state index contributed by atoms with van der Waals surface area (Å²) in [4.78, 5) is 18.5. The van der Waals surface area contributed by atoms with Gasteiger partial charge >= 0.3 is 6.09 Å². The van der Waals surface area contributed by atoms with Crippen LogP contribution in [0.1, 0.15) is 89.4 Å². The number of carbonyl (C=O) groups excluding carboxylic acids is 1. The van der Waals surface area contributed by atoms with Crippen molar-refractivity contribution in [3.05, 3.63) is 53.0 Å². The first-order chi connectivity index (χ1) is 20.2. The van der Waals surface area contributed by atoms with E-state index < -0.39 is 14.6 Å². The number of aryl methyl sites for hydroxylation is 1. The molecule has 0 spiro atoms. The summed E-state index contributed by atoms with van der Waals surface area (Å²) in [6.45, 7) is 18.2. The van der Waals surface area contributed by atoms with Crippen LogP contribution in [0.5, 0.6) is 5.75 Å². The van der Waals surface area contributed by atoms with Gasteiger partial charge in [0.15, 0.2) is 5.58 Å². The Bertz CT molecular complexity index is 1420. The van der Waals surface area contributed by atoms with Gasteiger partial charge in [-0.1, -0.05) is 32.0 Å².